The average molecular weight is 432 g/mol. The Morgan fingerprint density at radius 2 is 1.59 bits per heavy atom. The molecule has 0 spiro atoms. The monoisotopic (exact) mass is 431 g/mol. The van der Waals surface area contributed by atoms with E-state index in [1.807, 2.05) is 29.2 Å². The van der Waals surface area contributed by atoms with Crippen molar-refractivity contribution in [1.29, 1.82) is 0 Å². The molecule has 166 valence electrons. The van der Waals surface area contributed by atoms with Crippen LogP contribution in [0, 0.1) is 5.92 Å². The molecule has 2 atom stereocenters. The van der Waals surface area contributed by atoms with Gasteiger partial charge in [-0.15, -0.1) is 6.58 Å². The summed E-state index contributed by atoms with van der Waals surface area (Å²) in [6.45, 7) is 4.95. The Labute approximate surface area is 189 Å². The topological polar surface area (TPSA) is 55.8 Å². The molecule has 5 nitrogen and oxygen atoms in total. The van der Waals surface area contributed by atoms with Gasteiger partial charge in [-0.1, -0.05) is 54.6 Å². The van der Waals surface area contributed by atoms with Crippen LogP contribution in [0.25, 0.3) is 11.1 Å². The van der Waals surface area contributed by atoms with Crippen LogP contribution in [0.4, 0.5) is 4.79 Å². The van der Waals surface area contributed by atoms with Crippen molar-refractivity contribution < 1.29 is 19.1 Å². The molecule has 0 N–H and O–H groups in total. The molecule has 2 unspecified atom stereocenters. The first-order valence-electron chi connectivity index (χ1n) is 11.5. The third-order valence-electron chi connectivity index (χ3n) is 7.12. The number of fused-ring (bicyclic) bond motifs is 5. The van der Waals surface area contributed by atoms with Gasteiger partial charge in [0.2, 0.25) is 0 Å². The summed E-state index contributed by atoms with van der Waals surface area (Å²) in [5.74, 6) is 0.306. The van der Waals surface area contributed by atoms with Crippen molar-refractivity contribution >= 4 is 11.9 Å². The summed E-state index contributed by atoms with van der Waals surface area (Å²) in [7, 11) is 0. The summed E-state index contributed by atoms with van der Waals surface area (Å²) in [5.41, 5.74) is 4.84. The van der Waals surface area contributed by atoms with Gasteiger partial charge in [0, 0.05) is 18.3 Å². The fraction of sp³-hybridized carbons (Fsp3) is 0.407. The van der Waals surface area contributed by atoms with E-state index in [4.69, 9.17) is 9.47 Å². The molecule has 5 rings (SSSR count). The van der Waals surface area contributed by atoms with Gasteiger partial charge < -0.3 is 9.47 Å². The van der Waals surface area contributed by atoms with Crippen LogP contribution in [0.5, 0.6) is 0 Å². The van der Waals surface area contributed by atoms with Gasteiger partial charge in [-0.3, -0.25) is 9.69 Å². The zero-order valence-corrected chi connectivity index (χ0v) is 18.2. The molecule has 2 aliphatic heterocycles. The molecular formula is C27H29NO4. The highest BCUT2D eigenvalue weighted by Crippen LogP contribution is 2.44. The highest BCUT2D eigenvalue weighted by Gasteiger charge is 2.44. The number of nitrogens with zero attached hydrogens (tertiary/aromatic N) is 1. The Balaban J connectivity index is 1.28. The van der Waals surface area contributed by atoms with Crippen LogP contribution in [-0.2, 0) is 14.3 Å². The molecule has 2 aromatic carbocycles. The van der Waals surface area contributed by atoms with Crippen molar-refractivity contribution in [2.24, 2.45) is 5.92 Å². The molecule has 32 heavy (non-hydrogen) atoms. The number of carbonyl (C=O) groups excluding carboxylic acids is 2. The first kappa shape index (κ1) is 21.0. The number of ketones is 1. The third kappa shape index (κ3) is 3.75. The van der Waals surface area contributed by atoms with Crippen molar-refractivity contribution in [2.75, 3.05) is 19.8 Å². The highest BCUT2D eigenvalue weighted by molar-refractivity contribution is 5.82. The van der Waals surface area contributed by atoms with E-state index in [9.17, 15) is 9.59 Å². The fourth-order valence-electron chi connectivity index (χ4n) is 5.59. The Kier molecular flexibility index (Phi) is 5.83. The van der Waals surface area contributed by atoms with Crippen LogP contribution >= 0.6 is 0 Å². The summed E-state index contributed by atoms with van der Waals surface area (Å²) in [5, 5.41) is 0. The maximum absolute atomic E-state index is 13.2. The van der Waals surface area contributed by atoms with Crippen molar-refractivity contribution in [1.82, 2.24) is 4.90 Å². The van der Waals surface area contributed by atoms with Crippen LogP contribution in [0.3, 0.4) is 0 Å². The van der Waals surface area contributed by atoms with E-state index in [2.05, 4.69) is 30.8 Å². The van der Waals surface area contributed by atoms with Crippen molar-refractivity contribution in [3.63, 3.8) is 0 Å². The van der Waals surface area contributed by atoms with E-state index in [-0.39, 0.29) is 35.8 Å². The third-order valence-corrected chi connectivity index (χ3v) is 7.12. The quantitative estimate of drug-likeness (QED) is 0.607. The lowest BCUT2D eigenvalue weighted by molar-refractivity contribution is -0.131. The fourth-order valence-corrected chi connectivity index (χ4v) is 5.59. The summed E-state index contributed by atoms with van der Waals surface area (Å²) in [4.78, 5) is 27.6. The summed E-state index contributed by atoms with van der Waals surface area (Å²) in [6, 6.07) is 16.5. The Morgan fingerprint density at radius 1 is 1.00 bits per heavy atom. The number of Topliss-reactive ketones (excluding diaryl/α,β-unsaturated/α-hetero) is 1. The number of hydrogen-bond acceptors (Lipinski definition) is 4. The molecule has 1 amide bonds. The predicted molar refractivity (Wildman–Crippen MR) is 122 cm³/mol. The van der Waals surface area contributed by atoms with Gasteiger partial charge in [0.25, 0.3) is 0 Å². The van der Waals surface area contributed by atoms with Crippen LogP contribution in [-0.4, -0.2) is 48.7 Å². The van der Waals surface area contributed by atoms with Crippen molar-refractivity contribution in [3.05, 3.63) is 72.3 Å². The van der Waals surface area contributed by atoms with Gasteiger partial charge in [0.1, 0.15) is 12.4 Å². The van der Waals surface area contributed by atoms with Crippen molar-refractivity contribution in [3.8, 4) is 11.1 Å². The Morgan fingerprint density at radius 3 is 2.19 bits per heavy atom. The van der Waals surface area contributed by atoms with Crippen LogP contribution in [0.1, 0.15) is 42.7 Å². The maximum atomic E-state index is 13.2. The second kappa shape index (κ2) is 8.91. The molecule has 0 saturated carbocycles. The zero-order valence-electron chi connectivity index (χ0n) is 18.2. The van der Waals surface area contributed by atoms with E-state index in [1.54, 1.807) is 6.08 Å². The van der Waals surface area contributed by atoms with E-state index >= 15 is 0 Å². The van der Waals surface area contributed by atoms with E-state index in [0.717, 1.165) is 0 Å². The molecule has 2 fully saturated rings. The Hall–Kier alpha value is -2.92. The molecule has 2 saturated heterocycles. The number of allylic oxidation sites excluding steroid dienone is 1. The van der Waals surface area contributed by atoms with E-state index in [1.165, 1.54) is 22.3 Å². The first-order chi connectivity index (χ1) is 15.7. The summed E-state index contributed by atoms with van der Waals surface area (Å²) >= 11 is 0. The van der Waals surface area contributed by atoms with Crippen molar-refractivity contribution in [2.45, 2.75) is 43.7 Å². The molecular weight excluding hydrogens is 402 g/mol. The number of carbonyl (C=O) groups is 2. The normalized spacial score (nSPS) is 23.9. The lowest BCUT2D eigenvalue weighted by atomic mass is 9.81. The van der Waals surface area contributed by atoms with Crippen LogP contribution < -0.4 is 0 Å². The number of hydrogen-bond donors (Lipinski definition) is 0. The minimum absolute atomic E-state index is 0.00788. The highest BCUT2D eigenvalue weighted by atomic mass is 16.6. The maximum Gasteiger partial charge on any atom is 0.410 e. The number of amides is 1. The number of morpholine rings is 1. The summed E-state index contributed by atoms with van der Waals surface area (Å²) in [6.07, 6.45) is 4.03. The molecule has 0 aromatic heterocycles. The van der Waals surface area contributed by atoms with Gasteiger partial charge in [-0.25, -0.2) is 4.79 Å². The first-order valence-corrected chi connectivity index (χ1v) is 11.5. The largest absolute Gasteiger partial charge is 0.448 e. The second-order valence-electron chi connectivity index (χ2n) is 9.02. The Bertz CT molecular complexity index is 972. The minimum Gasteiger partial charge on any atom is -0.448 e. The van der Waals surface area contributed by atoms with Gasteiger partial charge in [0.05, 0.1) is 25.3 Å². The second-order valence-corrected chi connectivity index (χ2v) is 9.02. The lowest BCUT2D eigenvalue weighted by Crippen LogP contribution is -2.60. The minimum atomic E-state index is -0.290. The van der Waals surface area contributed by atoms with Gasteiger partial charge in [-0.05, 0) is 41.5 Å². The number of benzene rings is 2. The van der Waals surface area contributed by atoms with Gasteiger partial charge >= 0.3 is 6.09 Å². The van der Waals surface area contributed by atoms with E-state index < -0.39 is 0 Å². The molecule has 2 heterocycles. The zero-order chi connectivity index (χ0) is 22.1. The number of rotatable bonds is 6. The standard InChI is InChI=1S/C27H29NO4/c1-2-3-12-26(29)18-13-19-15-31-16-20(14-18)28(19)27(30)32-17-25-23-10-6-4-8-21(23)22-9-5-7-11-24(22)25/h2,4-11,18-20,25H,1,3,12-17H2. The molecule has 1 aliphatic carbocycles. The molecule has 0 radical (unpaired) electrons. The number of piperidine rings is 1. The van der Waals surface area contributed by atoms with Gasteiger partial charge in [0.15, 0.2) is 0 Å². The SMILES string of the molecule is C=CCCC(=O)C1CC2COCC(C1)N2C(=O)OCC1c2ccccc2-c2ccccc21. The molecule has 3 aliphatic rings. The summed E-state index contributed by atoms with van der Waals surface area (Å²) < 4.78 is 11.6. The molecule has 2 aromatic rings. The average Bonchev–Trinajstić information content (AvgIpc) is 3.14. The van der Waals surface area contributed by atoms with E-state index in [0.29, 0.717) is 45.5 Å². The smallest absolute Gasteiger partial charge is 0.410 e. The molecule has 2 bridgehead atoms. The van der Waals surface area contributed by atoms with Gasteiger partial charge in [-0.2, -0.15) is 0 Å². The number of ether oxygens (including phenoxy) is 2. The molecule has 5 heteroatoms. The van der Waals surface area contributed by atoms with Crippen LogP contribution in [0.15, 0.2) is 61.2 Å². The predicted octanol–water partition coefficient (Wildman–Crippen LogP) is 4.95. The van der Waals surface area contributed by atoms with Crippen LogP contribution in [0.2, 0.25) is 0 Å². The lowest BCUT2D eigenvalue weighted by Gasteiger charge is -2.47.